The molecule has 10 heteroatoms. The highest BCUT2D eigenvalue weighted by atomic mass is 32.2. The van der Waals surface area contributed by atoms with Crippen LogP contribution in [0.3, 0.4) is 0 Å². The number of carbonyl (C=O) groups is 2. The van der Waals surface area contributed by atoms with Crippen LogP contribution in [-0.2, 0) is 14.8 Å². The lowest BCUT2D eigenvalue weighted by atomic mass is 10.0. The lowest BCUT2D eigenvalue weighted by Gasteiger charge is -2.19. The zero-order chi connectivity index (χ0) is 27.7. The monoisotopic (exact) mass is 537 g/mol. The average molecular weight is 538 g/mol. The Morgan fingerprint density at radius 2 is 1.53 bits per heavy atom. The van der Waals surface area contributed by atoms with Gasteiger partial charge in [0.1, 0.15) is 17.5 Å². The van der Waals surface area contributed by atoms with Gasteiger partial charge >= 0.3 is 5.97 Å². The fraction of sp³-hybridized carbons (Fsp3) is 0.250. The average Bonchev–Trinajstić information content (AvgIpc) is 2.89. The molecule has 3 rings (SSSR count). The van der Waals surface area contributed by atoms with Crippen LogP contribution in [0.1, 0.15) is 41.8 Å². The molecule has 0 heterocycles. The maximum atomic E-state index is 12.8. The molecule has 0 bridgehead atoms. The number of benzene rings is 3. The Bertz CT molecular complexity index is 1370. The van der Waals surface area contributed by atoms with Crippen molar-refractivity contribution in [3.8, 4) is 11.5 Å². The molecule has 0 aliphatic carbocycles. The van der Waals surface area contributed by atoms with E-state index in [1.54, 1.807) is 67.8 Å². The van der Waals surface area contributed by atoms with Crippen LogP contribution in [0.25, 0.3) is 0 Å². The Morgan fingerprint density at radius 3 is 2.11 bits per heavy atom. The van der Waals surface area contributed by atoms with Gasteiger partial charge in [-0.15, -0.1) is 0 Å². The molecule has 0 radical (unpaired) electrons. The van der Waals surface area contributed by atoms with Crippen LogP contribution in [0.2, 0.25) is 0 Å². The van der Waals surface area contributed by atoms with Gasteiger partial charge in [-0.2, -0.15) is 9.82 Å². The van der Waals surface area contributed by atoms with Crippen LogP contribution in [0.15, 0.2) is 82.8 Å². The fourth-order valence-corrected chi connectivity index (χ4v) is 4.62. The van der Waals surface area contributed by atoms with E-state index in [0.29, 0.717) is 29.0 Å². The second kappa shape index (κ2) is 13.0. The molecule has 1 atom stereocenters. The Balaban J connectivity index is 1.59. The number of esters is 1. The standard InChI is InChI=1S/C28H31N3O6S/c1-19(2)17-26(31-38(34,35)25-15-5-20(3)6-16-25)27(32)30-29-18-21-7-11-24(12-8-21)37-28(33)22-9-13-23(36-4)14-10-22/h5-16,18-19,26,31H,17H2,1-4H3,(H,30,32)/b29-18-/t26-/m0/s1. The van der Waals surface area contributed by atoms with Gasteiger partial charge < -0.3 is 9.47 Å². The first-order valence-electron chi connectivity index (χ1n) is 12.0. The summed E-state index contributed by atoms with van der Waals surface area (Å²) in [5.41, 5.74) is 4.35. The summed E-state index contributed by atoms with van der Waals surface area (Å²) >= 11 is 0. The number of hydrazone groups is 1. The summed E-state index contributed by atoms with van der Waals surface area (Å²) in [6.07, 6.45) is 1.70. The zero-order valence-electron chi connectivity index (χ0n) is 21.7. The van der Waals surface area contributed by atoms with Crippen molar-refractivity contribution in [1.29, 1.82) is 0 Å². The molecule has 1 amide bonds. The minimum absolute atomic E-state index is 0.0589. The van der Waals surface area contributed by atoms with Crippen LogP contribution in [0, 0.1) is 12.8 Å². The van der Waals surface area contributed by atoms with Crippen molar-refractivity contribution < 1.29 is 27.5 Å². The van der Waals surface area contributed by atoms with E-state index >= 15 is 0 Å². The summed E-state index contributed by atoms with van der Waals surface area (Å²) in [5.74, 6) is -0.0455. The highest BCUT2D eigenvalue weighted by Crippen LogP contribution is 2.17. The molecule has 0 aromatic heterocycles. The van der Waals surface area contributed by atoms with E-state index in [0.717, 1.165) is 5.56 Å². The van der Waals surface area contributed by atoms with Gasteiger partial charge in [0.25, 0.3) is 5.91 Å². The lowest BCUT2D eigenvalue weighted by Crippen LogP contribution is -2.46. The number of rotatable bonds is 11. The first-order chi connectivity index (χ1) is 18.1. The summed E-state index contributed by atoms with van der Waals surface area (Å²) in [7, 11) is -2.35. The van der Waals surface area contributed by atoms with Crippen molar-refractivity contribution >= 4 is 28.1 Å². The smallest absolute Gasteiger partial charge is 0.343 e. The molecule has 0 spiro atoms. The van der Waals surface area contributed by atoms with Crippen LogP contribution in [-0.4, -0.2) is 39.7 Å². The topological polar surface area (TPSA) is 123 Å². The van der Waals surface area contributed by atoms with Crippen molar-refractivity contribution in [1.82, 2.24) is 10.1 Å². The molecule has 0 aliphatic rings. The Kier molecular flexibility index (Phi) is 9.75. The van der Waals surface area contributed by atoms with Gasteiger partial charge in [-0.05, 0) is 85.5 Å². The van der Waals surface area contributed by atoms with Crippen molar-refractivity contribution in [2.45, 2.75) is 38.1 Å². The number of methoxy groups -OCH3 is 1. The molecule has 0 saturated heterocycles. The maximum Gasteiger partial charge on any atom is 0.343 e. The van der Waals surface area contributed by atoms with Gasteiger partial charge in [-0.25, -0.2) is 18.6 Å². The zero-order valence-corrected chi connectivity index (χ0v) is 22.5. The molecule has 9 nitrogen and oxygen atoms in total. The second-order valence-corrected chi connectivity index (χ2v) is 10.8. The molecular formula is C28H31N3O6S. The van der Waals surface area contributed by atoms with E-state index in [2.05, 4.69) is 15.2 Å². The summed E-state index contributed by atoms with van der Waals surface area (Å²) in [6.45, 7) is 5.65. The van der Waals surface area contributed by atoms with E-state index in [1.807, 2.05) is 20.8 Å². The highest BCUT2D eigenvalue weighted by molar-refractivity contribution is 7.89. The van der Waals surface area contributed by atoms with E-state index < -0.39 is 27.9 Å². The molecular weight excluding hydrogens is 506 g/mol. The summed E-state index contributed by atoms with van der Waals surface area (Å²) in [6, 6.07) is 18.5. The lowest BCUT2D eigenvalue weighted by molar-refractivity contribution is -0.123. The van der Waals surface area contributed by atoms with Gasteiger partial charge in [0.15, 0.2) is 0 Å². The number of hydrogen-bond donors (Lipinski definition) is 2. The normalized spacial score (nSPS) is 12.3. The molecule has 3 aromatic rings. The van der Waals surface area contributed by atoms with Gasteiger partial charge in [0.05, 0.1) is 23.8 Å². The fourth-order valence-electron chi connectivity index (χ4n) is 3.42. The molecule has 2 N–H and O–H groups in total. The summed E-state index contributed by atoms with van der Waals surface area (Å²) < 4.78 is 38.5. The van der Waals surface area contributed by atoms with Gasteiger partial charge in [0, 0.05) is 0 Å². The summed E-state index contributed by atoms with van der Waals surface area (Å²) in [4.78, 5) is 25.2. The Hall–Kier alpha value is -4.02. The Labute approximate surface area is 222 Å². The van der Waals surface area contributed by atoms with E-state index in [-0.39, 0.29) is 10.8 Å². The predicted molar refractivity (Wildman–Crippen MR) is 145 cm³/mol. The van der Waals surface area contributed by atoms with Crippen molar-refractivity contribution in [2.75, 3.05) is 7.11 Å². The molecule has 200 valence electrons. The maximum absolute atomic E-state index is 12.8. The first-order valence-corrected chi connectivity index (χ1v) is 13.4. The second-order valence-electron chi connectivity index (χ2n) is 9.04. The third-order valence-corrected chi connectivity index (χ3v) is 6.94. The largest absolute Gasteiger partial charge is 0.497 e. The molecule has 0 saturated carbocycles. The van der Waals surface area contributed by atoms with Crippen LogP contribution in [0.4, 0.5) is 0 Å². The van der Waals surface area contributed by atoms with Gasteiger partial charge in [-0.1, -0.05) is 31.5 Å². The minimum atomic E-state index is -3.89. The van der Waals surface area contributed by atoms with E-state index in [4.69, 9.17) is 9.47 Å². The number of sulfonamides is 1. The third kappa shape index (κ3) is 8.25. The number of carbonyl (C=O) groups excluding carboxylic acids is 2. The van der Waals surface area contributed by atoms with Gasteiger partial charge in [-0.3, -0.25) is 4.79 Å². The van der Waals surface area contributed by atoms with Crippen molar-refractivity contribution in [2.24, 2.45) is 11.0 Å². The number of ether oxygens (including phenoxy) is 2. The van der Waals surface area contributed by atoms with Crippen LogP contribution < -0.4 is 19.6 Å². The Morgan fingerprint density at radius 1 is 0.921 bits per heavy atom. The highest BCUT2D eigenvalue weighted by Gasteiger charge is 2.26. The first kappa shape index (κ1) is 28.5. The van der Waals surface area contributed by atoms with E-state index in [1.165, 1.54) is 18.3 Å². The number of amides is 1. The molecule has 0 aliphatic heterocycles. The third-order valence-electron chi connectivity index (χ3n) is 5.46. The number of nitrogens with zero attached hydrogens (tertiary/aromatic N) is 1. The number of aryl methyl sites for hydroxylation is 1. The van der Waals surface area contributed by atoms with Crippen LogP contribution >= 0.6 is 0 Å². The SMILES string of the molecule is COc1ccc(C(=O)Oc2ccc(/C=N\NC(=O)[C@H](CC(C)C)NS(=O)(=O)c3ccc(C)cc3)cc2)cc1. The number of hydrogen-bond acceptors (Lipinski definition) is 7. The van der Waals surface area contributed by atoms with Crippen molar-refractivity contribution in [3.63, 3.8) is 0 Å². The quantitative estimate of drug-likeness (QED) is 0.165. The summed E-state index contributed by atoms with van der Waals surface area (Å²) in [5, 5.41) is 3.96. The molecule has 0 fully saturated rings. The van der Waals surface area contributed by atoms with Gasteiger partial charge in [0.2, 0.25) is 10.0 Å². The van der Waals surface area contributed by atoms with Crippen LogP contribution in [0.5, 0.6) is 11.5 Å². The number of nitrogens with one attached hydrogen (secondary N) is 2. The molecule has 3 aromatic carbocycles. The minimum Gasteiger partial charge on any atom is -0.497 e. The molecule has 38 heavy (non-hydrogen) atoms. The van der Waals surface area contributed by atoms with E-state index in [9.17, 15) is 18.0 Å². The molecule has 0 unspecified atom stereocenters. The predicted octanol–water partition coefficient (Wildman–Crippen LogP) is 4.07. The van der Waals surface area contributed by atoms with Crippen molar-refractivity contribution in [3.05, 3.63) is 89.5 Å².